The number of benzene rings is 2. The summed E-state index contributed by atoms with van der Waals surface area (Å²) in [6.45, 7) is 2.39. The van der Waals surface area contributed by atoms with Crippen LogP contribution in [0.25, 0.3) is 0 Å². The van der Waals surface area contributed by atoms with Gasteiger partial charge in [-0.15, -0.1) is 0 Å². The molecule has 8 nitrogen and oxygen atoms in total. The Hall–Kier alpha value is -3.64. The fourth-order valence-corrected chi connectivity index (χ4v) is 5.11. The number of anilines is 1. The summed E-state index contributed by atoms with van der Waals surface area (Å²) in [6.07, 6.45) is 0.149. The molecule has 1 atom stereocenters. The number of phenols is 1. The second-order valence-electron chi connectivity index (χ2n) is 7.56. The Labute approximate surface area is 196 Å². The highest BCUT2D eigenvalue weighted by Crippen LogP contribution is 2.44. The van der Waals surface area contributed by atoms with Crippen molar-refractivity contribution in [2.75, 3.05) is 31.2 Å². The number of carbonyl (C=O) groups is 2. The molecule has 33 heavy (non-hydrogen) atoms. The standard InChI is InChI=1S/C24H23N3O5S/c1-3-32-24(30)15-4-7-17(8-5-15)26-13-27-22(29)11-18(19(12-25)23(27)33-14-26)16-6-9-20(28)21(10-16)31-2/h4-10,18,28H,3,11,13-14H2,1-2H3/t18-/m0/s1. The number of fused-ring (bicyclic) bond motifs is 1. The zero-order chi connectivity index (χ0) is 23.5. The lowest BCUT2D eigenvalue weighted by Gasteiger charge is -2.42. The maximum Gasteiger partial charge on any atom is 0.338 e. The van der Waals surface area contributed by atoms with Crippen LogP contribution in [0.2, 0.25) is 0 Å². The molecule has 1 N–H and O–H groups in total. The minimum atomic E-state index is -0.397. The number of methoxy groups -OCH3 is 1. The minimum Gasteiger partial charge on any atom is -0.504 e. The van der Waals surface area contributed by atoms with E-state index in [1.807, 2.05) is 17.0 Å². The van der Waals surface area contributed by atoms with E-state index in [2.05, 4.69) is 6.07 Å². The van der Waals surface area contributed by atoms with Crippen LogP contribution >= 0.6 is 11.8 Å². The van der Waals surface area contributed by atoms with Gasteiger partial charge in [-0.1, -0.05) is 17.8 Å². The number of amides is 1. The summed E-state index contributed by atoms with van der Waals surface area (Å²) in [5.41, 5.74) is 2.62. The highest BCUT2D eigenvalue weighted by molar-refractivity contribution is 8.03. The fraction of sp³-hybridized carbons (Fsp3) is 0.292. The van der Waals surface area contributed by atoms with Crippen LogP contribution in [-0.2, 0) is 9.53 Å². The van der Waals surface area contributed by atoms with Gasteiger partial charge >= 0.3 is 5.97 Å². The fourth-order valence-electron chi connectivity index (χ4n) is 3.94. The van der Waals surface area contributed by atoms with Crippen molar-refractivity contribution in [2.24, 2.45) is 0 Å². The number of rotatable bonds is 5. The van der Waals surface area contributed by atoms with E-state index in [1.165, 1.54) is 24.9 Å². The van der Waals surface area contributed by atoms with Gasteiger partial charge in [0.05, 0.1) is 48.5 Å². The largest absolute Gasteiger partial charge is 0.504 e. The molecule has 0 unspecified atom stereocenters. The molecule has 0 saturated carbocycles. The molecular weight excluding hydrogens is 442 g/mol. The predicted molar refractivity (Wildman–Crippen MR) is 124 cm³/mol. The summed E-state index contributed by atoms with van der Waals surface area (Å²) >= 11 is 1.43. The lowest BCUT2D eigenvalue weighted by atomic mass is 9.86. The van der Waals surface area contributed by atoms with Crippen LogP contribution < -0.4 is 9.64 Å². The van der Waals surface area contributed by atoms with Gasteiger partial charge in [0.2, 0.25) is 5.91 Å². The summed E-state index contributed by atoms with van der Waals surface area (Å²) in [5, 5.41) is 20.5. The van der Waals surface area contributed by atoms with E-state index >= 15 is 0 Å². The van der Waals surface area contributed by atoms with Gasteiger partial charge in [-0.3, -0.25) is 9.69 Å². The molecule has 4 rings (SSSR count). The molecule has 1 fully saturated rings. The molecule has 170 valence electrons. The Bertz CT molecular complexity index is 1160. The Morgan fingerprint density at radius 2 is 2.03 bits per heavy atom. The van der Waals surface area contributed by atoms with Crippen LogP contribution in [0.5, 0.6) is 11.5 Å². The molecule has 9 heteroatoms. The topological polar surface area (TPSA) is 103 Å². The molecule has 0 spiro atoms. The van der Waals surface area contributed by atoms with Crippen molar-refractivity contribution in [1.82, 2.24) is 4.90 Å². The number of ether oxygens (including phenoxy) is 2. The number of carbonyl (C=O) groups excluding carboxylic acids is 2. The summed E-state index contributed by atoms with van der Waals surface area (Å²) < 4.78 is 10.2. The van der Waals surface area contributed by atoms with Crippen LogP contribution in [0.15, 0.2) is 53.1 Å². The van der Waals surface area contributed by atoms with Crippen LogP contribution in [0.4, 0.5) is 5.69 Å². The number of allylic oxidation sites excluding steroid dienone is 1. The van der Waals surface area contributed by atoms with Gasteiger partial charge in [0.15, 0.2) is 11.5 Å². The molecule has 2 aliphatic heterocycles. The zero-order valence-corrected chi connectivity index (χ0v) is 19.1. The van der Waals surface area contributed by atoms with Gasteiger partial charge < -0.3 is 19.5 Å². The number of nitriles is 1. The summed E-state index contributed by atoms with van der Waals surface area (Å²) in [4.78, 5) is 28.6. The lowest BCUT2D eigenvalue weighted by Crippen LogP contribution is -2.47. The maximum atomic E-state index is 13.1. The summed E-state index contributed by atoms with van der Waals surface area (Å²) in [7, 11) is 1.46. The number of nitrogens with zero attached hydrogens (tertiary/aromatic N) is 3. The van der Waals surface area contributed by atoms with E-state index < -0.39 is 5.92 Å². The normalized spacial score (nSPS) is 18.0. The monoisotopic (exact) mass is 465 g/mol. The number of aromatic hydroxyl groups is 1. The number of hydrogen-bond donors (Lipinski definition) is 1. The van der Waals surface area contributed by atoms with Crippen molar-refractivity contribution in [3.63, 3.8) is 0 Å². The third-order valence-electron chi connectivity index (χ3n) is 5.64. The Balaban J connectivity index is 1.58. The SMILES string of the molecule is CCOC(=O)c1ccc(N2CSC3=C(C#N)[C@H](c4ccc(O)c(OC)c4)CC(=O)N3C2)cc1. The molecule has 1 amide bonds. The van der Waals surface area contributed by atoms with E-state index in [1.54, 1.807) is 36.1 Å². The number of esters is 1. The first-order chi connectivity index (χ1) is 16.0. The van der Waals surface area contributed by atoms with Crippen LogP contribution in [0.3, 0.4) is 0 Å². The van der Waals surface area contributed by atoms with Crippen molar-refractivity contribution in [1.29, 1.82) is 5.26 Å². The molecule has 0 aliphatic carbocycles. The average molecular weight is 466 g/mol. The van der Waals surface area contributed by atoms with Crippen molar-refractivity contribution < 1.29 is 24.2 Å². The quantitative estimate of drug-likeness (QED) is 0.665. The highest BCUT2D eigenvalue weighted by atomic mass is 32.2. The molecule has 2 heterocycles. The molecule has 2 aromatic rings. The molecular formula is C24H23N3O5S. The van der Waals surface area contributed by atoms with E-state index in [0.717, 1.165) is 11.3 Å². The van der Waals surface area contributed by atoms with Crippen LogP contribution in [0, 0.1) is 11.3 Å². The number of phenolic OH excluding ortho intramolecular Hbond substituents is 1. The first kappa shape index (κ1) is 22.6. The first-order valence-electron chi connectivity index (χ1n) is 10.4. The molecule has 1 saturated heterocycles. The van der Waals surface area contributed by atoms with E-state index in [0.29, 0.717) is 41.1 Å². The van der Waals surface area contributed by atoms with Crippen LogP contribution in [0.1, 0.15) is 35.2 Å². The zero-order valence-electron chi connectivity index (χ0n) is 18.3. The molecule has 0 aromatic heterocycles. The number of thioether (sulfide) groups is 1. The van der Waals surface area contributed by atoms with E-state index in [4.69, 9.17) is 9.47 Å². The van der Waals surface area contributed by atoms with Crippen molar-refractivity contribution in [3.8, 4) is 17.6 Å². The Morgan fingerprint density at radius 3 is 2.70 bits per heavy atom. The van der Waals surface area contributed by atoms with Gasteiger partial charge in [0, 0.05) is 18.0 Å². The minimum absolute atomic E-state index is 0.00725. The molecule has 0 radical (unpaired) electrons. The summed E-state index contributed by atoms with van der Waals surface area (Å²) in [6, 6.07) is 14.3. The lowest BCUT2D eigenvalue weighted by molar-refractivity contribution is -0.129. The predicted octanol–water partition coefficient (Wildman–Crippen LogP) is 3.80. The third kappa shape index (κ3) is 4.34. The Kier molecular flexibility index (Phi) is 6.47. The smallest absolute Gasteiger partial charge is 0.338 e. The third-order valence-corrected chi connectivity index (χ3v) is 6.80. The number of hydrogen-bond acceptors (Lipinski definition) is 8. The first-order valence-corrected chi connectivity index (χ1v) is 11.4. The molecule has 0 bridgehead atoms. The van der Waals surface area contributed by atoms with Gasteiger partial charge in [-0.25, -0.2) is 4.79 Å². The van der Waals surface area contributed by atoms with Gasteiger partial charge in [-0.05, 0) is 48.9 Å². The molecule has 2 aliphatic rings. The maximum absolute atomic E-state index is 13.1. The highest BCUT2D eigenvalue weighted by Gasteiger charge is 2.38. The van der Waals surface area contributed by atoms with Gasteiger partial charge in [0.25, 0.3) is 0 Å². The van der Waals surface area contributed by atoms with Crippen molar-refractivity contribution in [3.05, 3.63) is 64.2 Å². The van der Waals surface area contributed by atoms with Crippen molar-refractivity contribution in [2.45, 2.75) is 19.3 Å². The molecule has 2 aromatic carbocycles. The van der Waals surface area contributed by atoms with Gasteiger partial charge in [-0.2, -0.15) is 5.26 Å². The van der Waals surface area contributed by atoms with Crippen molar-refractivity contribution >= 4 is 29.3 Å². The Morgan fingerprint density at radius 1 is 1.27 bits per heavy atom. The van der Waals surface area contributed by atoms with Gasteiger partial charge in [0.1, 0.15) is 0 Å². The van der Waals surface area contributed by atoms with E-state index in [9.17, 15) is 20.0 Å². The summed E-state index contributed by atoms with van der Waals surface area (Å²) in [5.74, 6) is 0.0112. The second-order valence-corrected chi connectivity index (χ2v) is 8.50. The average Bonchev–Trinajstić information content (AvgIpc) is 2.84. The van der Waals surface area contributed by atoms with Crippen LogP contribution in [-0.4, -0.2) is 48.1 Å². The second kappa shape index (κ2) is 9.46. The van der Waals surface area contributed by atoms with E-state index in [-0.39, 0.29) is 24.0 Å².